The summed E-state index contributed by atoms with van der Waals surface area (Å²) >= 11 is 0. The molecule has 0 unspecified atom stereocenters. The van der Waals surface area contributed by atoms with Crippen LogP contribution in [0.25, 0.3) is 5.57 Å². The molecule has 0 saturated heterocycles. The van der Waals surface area contributed by atoms with Crippen LogP contribution in [-0.2, 0) is 14.8 Å². The van der Waals surface area contributed by atoms with Crippen LogP contribution in [0.3, 0.4) is 0 Å². The number of sulfonamides is 1. The molecule has 0 fully saturated rings. The molecule has 1 aliphatic rings. The van der Waals surface area contributed by atoms with Gasteiger partial charge < -0.3 is 14.8 Å². The van der Waals surface area contributed by atoms with Crippen LogP contribution in [0.2, 0.25) is 0 Å². The van der Waals surface area contributed by atoms with E-state index in [-0.39, 0.29) is 11.4 Å². The molecule has 0 aromatic heterocycles. The van der Waals surface area contributed by atoms with Crippen LogP contribution in [0.5, 0.6) is 11.5 Å². The molecule has 1 aliphatic heterocycles. The van der Waals surface area contributed by atoms with Gasteiger partial charge in [0, 0.05) is 24.7 Å². The lowest BCUT2D eigenvalue weighted by Gasteiger charge is -2.32. The van der Waals surface area contributed by atoms with E-state index >= 15 is 0 Å². The Morgan fingerprint density at radius 2 is 1.75 bits per heavy atom. The van der Waals surface area contributed by atoms with Crippen molar-refractivity contribution >= 4 is 27.2 Å². The Kier molecular flexibility index (Phi) is 5.08. The van der Waals surface area contributed by atoms with Gasteiger partial charge in [-0.2, -0.15) is 0 Å². The van der Waals surface area contributed by atoms with Crippen molar-refractivity contribution in [1.29, 1.82) is 0 Å². The summed E-state index contributed by atoms with van der Waals surface area (Å²) < 4.78 is 37.6. The molecule has 1 aromatic rings. The highest BCUT2D eigenvalue weighted by molar-refractivity contribution is 7.97. The molecule has 1 N–H and O–H groups in total. The lowest BCUT2D eigenvalue weighted by molar-refractivity contribution is -0.116. The smallest absolute Gasteiger partial charge is 0.270 e. The average Bonchev–Trinajstić information content (AvgIpc) is 2.53. The van der Waals surface area contributed by atoms with E-state index in [9.17, 15) is 13.2 Å². The fourth-order valence-corrected chi connectivity index (χ4v) is 4.57. The van der Waals surface area contributed by atoms with Crippen molar-refractivity contribution in [2.75, 3.05) is 31.6 Å². The molecule has 0 atom stereocenters. The molecule has 24 heavy (non-hydrogen) atoms. The Balaban J connectivity index is 2.82. The minimum absolute atomic E-state index is 0.195. The van der Waals surface area contributed by atoms with Crippen molar-refractivity contribution in [3.05, 3.63) is 22.6 Å². The molecular formula is C16H22N2O5S. The number of methoxy groups -OCH3 is 2. The number of nitrogens with zero attached hydrogens (tertiary/aromatic N) is 1. The Hall–Kier alpha value is -2.22. The van der Waals surface area contributed by atoms with Gasteiger partial charge in [0.1, 0.15) is 0 Å². The first-order valence-corrected chi connectivity index (χ1v) is 9.05. The van der Waals surface area contributed by atoms with Crippen LogP contribution in [0.4, 0.5) is 5.69 Å². The number of rotatable bonds is 5. The second-order valence-electron chi connectivity index (χ2n) is 5.21. The van der Waals surface area contributed by atoms with Gasteiger partial charge in [-0.15, -0.1) is 0 Å². The fraction of sp³-hybridized carbons (Fsp3) is 0.438. The second-order valence-corrected chi connectivity index (χ2v) is 7.01. The van der Waals surface area contributed by atoms with Gasteiger partial charge in [0.15, 0.2) is 16.4 Å². The summed E-state index contributed by atoms with van der Waals surface area (Å²) in [7, 11) is -0.947. The zero-order valence-corrected chi connectivity index (χ0v) is 15.3. The molecule has 0 aliphatic carbocycles. The first-order chi connectivity index (χ1) is 11.3. The number of hydrogen-bond donors (Lipinski definition) is 1. The summed E-state index contributed by atoms with van der Waals surface area (Å²) in [5.41, 5.74) is 1.49. The standard InChI is InChI=1S/C16H22N2O5S/c1-6-17-16(19)15-10(3)11-8-13(22-4)14(23-5)9-12(11)18(7-2)24(15,20)21/h8-9H,6-7H2,1-5H3,(H,17,19). The molecule has 8 heteroatoms. The maximum Gasteiger partial charge on any atom is 0.270 e. The van der Waals surface area contributed by atoms with Gasteiger partial charge in [-0.25, -0.2) is 8.42 Å². The van der Waals surface area contributed by atoms with Crippen LogP contribution in [0, 0.1) is 0 Å². The second kappa shape index (κ2) is 6.72. The van der Waals surface area contributed by atoms with Crippen LogP contribution < -0.4 is 19.1 Å². The van der Waals surface area contributed by atoms with Gasteiger partial charge in [-0.1, -0.05) is 0 Å². The number of ether oxygens (including phenoxy) is 2. The number of carbonyl (C=O) groups excluding carboxylic acids is 1. The van der Waals surface area contributed by atoms with E-state index in [2.05, 4.69) is 5.32 Å². The zero-order chi connectivity index (χ0) is 18.1. The number of anilines is 1. The number of benzene rings is 1. The topological polar surface area (TPSA) is 84.9 Å². The van der Waals surface area contributed by atoms with Crippen molar-refractivity contribution < 1.29 is 22.7 Å². The monoisotopic (exact) mass is 354 g/mol. The molecule has 1 heterocycles. The number of allylic oxidation sites excluding steroid dienone is 1. The van der Waals surface area contributed by atoms with Crippen LogP contribution in [-0.4, -0.2) is 41.6 Å². The summed E-state index contributed by atoms with van der Waals surface area (Å²) in [5, 5.41) is 2.57. The highest BCUT2D eigenvalue weighted by Gasteiger charge is 2.39. The van der Waals surface area contributed by atoms with E-state index in [4.69, 9.17) is 9.47 Å². The molecular weight excluding hydrogens is 332 g/mol. The van der Waals surface area contributed by atoms with E-state index in [0.29, 0.717) is 34.9 Å². The summed E-state index contributed by atoms with van der Waals surface area (Å²) in [5.74, 6) is 0.300. The van der Waals surface area contributed by atoms with Crippen LogP contribution in [0.15, 0.2) is 17.0 Å². The van der Waals surface area contributed by atoms with Crippen LogP contribution >= 0.6 is 0 Å². The van der Waals surface area contributed by atoms with E-state index in [1.165, 1.54) is 18.5 Å². The molecule has 1 amide bonds. The van der Waals surface area contributed by atoms with E-state index in [1.54, 1.807) is 32.9 Å². The minimum atomic E-state index is -3.94. The van der Waals surface area contributed by atoms with Crippen molar-refractivity contribution in [2.24, 2.45) is 0 Å². The molecule has 0 bridgehead atoms. The predicted molar refractivity (Wildman–Crippen MR) is 92.8 cm³/mol. The van der Waals surface area contributed by atoms with Gasteiger partial charge >= 0.3 is 0 Å². The van der Waals surface area contributed by atoms with Crippen molar-refractivity contribution in [3.63, 3.8) is 0 Å². The fourth-order valence-electron chi connectivity index (χ4n) is 2.80. The minimum Gasteiger partial charge on any atom is -0.493 e. The van der Waals surface area contributed by atoms with Crippen molar-refractivity contribution in [3.8, 4) is 11.5 Å². The first-order valence-electron chi connectivity index (χ1n) is 7.61. The Morgan fingerprint density at radius 3 is 2.25 bits per heavy atom. The van der Waals surface area contributed by atoms with Crippen molar-refractivity contribution in [1.82, 2.24) is 5.32 Å². The highest BCUT2D eigenvalue weighted by atomic mass is 32.2. The molecule has 7 nitrogen and oxygen atoms in total. The molecule has 1 aromatic carbocycles. The summed E-state index contributed by atoms with van der Waals surface area (Å²) in [6.45, 7) is 5.62. The van der Waals surface area contributed by atoms with Crippen molar-refractivity contribution in [2.45, 2.75) is 20.8 Å². The largest absolute Gasteiger partial charge is 0.493 e. The maximum atomic E-state index is 12.9. The number of fused-ring (bicyclic) bond motifs is 1. The van der Waals surface area contributed by atoms with Gasteiger partial charge in [0.05, 0.1) is 19.9 Å². The van der Waals surface area contributed by atoms with E-state index in [0.717, 1.165) is 0 Å². The van der Waals surface area contributed by atoms with E-state index < -0.39 is 15.9 Å². The highest BCUT2D eigenvalue weighted by Crippen LogP contribution is 2.44. The Bertz CT molecular complexity index is 799. The number of carbonyl (C=O) groups is 1. The number of likely N-dealkylation sites (N-methyl/N-ethyl adjacent to an activating group) is 1. The van der Waals surface area contributed by atoms with Crippen LogP contribution in [0.1, 0.15) is 26.3 Å². The zero-order valence-electron chi connectivity index (χ0n) is 14.5. The third-order valence-electron chi connectivity index (χ3n) is 3.89. The number of hydrogen-bond acceptors (Lipinski definition) is 5. The normalized spacial score (nSPS) is 15.8. The number of nitrogens with one attached hydrogen (secondary N) is 1. The van der Waals surface area contributed by atoms with Gasteiger partial charge in [-0.05, 0) is 32.4 Å². The molecule has 2 rings (SSSR count). The predicted octanol–water partition coefficient (Wildman–Crippen LogP) is 1.74. The SMILES string of the molecule is CCNC(=O)C1=C(C)c2cc(OC)c(OC)cc2N(CC)S1(=O)=O. The summed E-state index contributed by atoms with van der Waals surface area (Å²) in [6.07, 6.45) is 0. The molecule has 132 valence electrons. The molecule has 0 spiro atoms. The van der Waals surface area contributed by atoms with Gasteiger partial charge in [0.2, 0.25) is 0 Å². The number of amides is 1. The van der Waals surface area contributed by atoms with E-state index in [1.807, 2.05) is 0 Å². The Morgan fingerprint density at radius 1 is 1.17 bits per heavy atom. The lowest BCUT2D eigenvalue weighted by atomic mass is 10.0. The average molecular weight is 354 g/mol. The lowest BCUT2D eigenvalue weighted by Crippen LogP contribution is -2.41. The maximum absolute atomic E-state index is 12.9. The quantitative estimate of drug-likeness (QED) is 0.871. The summed E-state index contributed by atoms with van der Waals surface area (Å²) in [4.78, 5) is 12.1. The van der Waals surface area contributed by atoms with Gasteiger partial charge in [-0.3, -0.25) is 9.10 Å². The molecule has 0 radical (unpaired) electrons. The first kappa shape index (κ1) is 18.1. The molecule has 0 saturated carbocycles. The summed E-state index contributed by atoms with van der Waals surface area (Å²) in [6, 6.07) is 3.31. The Labute approximate surface area is 142 Å². The van der Waals surface area contributed by atoms with Gasteiger partial charge in [0.25, 0.3) is 15.9 Å². The third-order valence-corrected chi connectivity index (χ3v) is 5.94. The third kappa shape index (κ3) is 2.71.